The number of rotatable bonds is 9. The minimum absolute atomic E-state index is 0.117. The molecule has 2 atom stereocenters. The summed E-state index contributed by atoms with van der Waals surface area (Å²) in [5, 5.41) is 2.78. The molecule has 0 bridgehead atoms. The van der Waals surface area contributed by atoms with Crippen LogP contribution in [0, 0.1) is 5.92 Å². The maximum atomic E-state index is 13.0. The Balaban J connectivity index is 3.02. The molecule has 1 aromatic carbocycles. The lowest BCUT2D eigenvalue weighted by atomic mass is 9.83. The number of esters is 1. The number of hydrogen-bond donors (Lipinski definition) is 1. The molecule has 0 radical (unpaired) electrons. The molecular weight excluding hydrogens is 360 g/mol. The molecular formula is C21H30N2O5. The van der Waals surface area contributed by atoms with Gasteiger partial charge in [0, 0.05) is 25.9 Å². The van der Waals surface area contributed by atoms with E-state index >= 15 is 0 Å². The Morgan fingerprint density at radius 2 is 1.82 bits per heavy atom. The highest BCUT2D eigenvalue weighted by atomic mass is 16.5. The third-order valence-electron chi connectivity index (χ3n) is 4.49. The topological polar surface area (TPSA) is 84.9 Å². The van der Waals surface area contributed by atoms with Crippen molar-refractivity contribution in [3.63, 3.8) is 0 Å². The molecule has 0 aliphatic heterocycles. The normalized spacial score (nSPS) is 14.4. The molecule has 1 rings (SSSR count). The van der Waals surface area contributed by atoms with Gasteiger partial charge in [0.15, 0.2) is 5.78 Å². The quantitative estimate of drug-likeness (QED) is 0.396. The van der Waals surface area contributed by atoms with E-state index in [1.807, 2.05) is 37.3 Å². The fourth-order valence-corrected chi connectivity index (χ4v) is 2.58. The molecule has 7 nitrogen and oxygen atoms in total. The molecule has 0 saturated heterocycles. The van der Waals surface area contributed by atoms with Crippen LogP contribution in [0.5, 0.6) is 0 Å². The highest BCUT2D eigenvalue weighted by Gasteiger charge is 2.38. The largest absolute Gasteiger partial charge is 0.468 e. The zero-order valence-corrected chi connectivity index (χ0v) is 17.4. The van der Waals surface area contributed by atoms with E-state index in [1.54, 1.807) is 32.1 Å². The van der Waals surface area contributed by atoms with Crippen LogP contribution in [0.2, 0.25) is 0 Å². The maximum absolute atomic E-state index is 13.0. The molecule has 0 aliphatic rings. The molecule has 7 heteroatoms. The highest BCUT2D eigenvalue weighted by molar-refractivity contribution is 6.09. The first kappa shape index (κ1) is 23.2. The molecule has 0 spiro atoms. The SMILES string of the molecule is CCC(C)(NC(=O)OCc1ccccc1)/C(=C/N(C)C)C(=O)C(C)C(=O)OC. The first-order chi connectivity index (χ1) is 13.1. The van der Waals surface area contributed by atoms with Crippen LogP contribution >= 0.6 is 0 Å². The minimum Gasteiger partial charge on any atom is -0.468 e. The molecule has 0 fully saturated rings. The van der Waals surface area contributed by atoms with Gasteiger partial charge in [0.1, 0.15) is 12.5 Å². The summed E-state index contributed by atoms with van der Waals surface area (Å²) in [6, 6.07) is 9.30. The minimum atomic E-state index is -1.02. The van der Waals surface area contributed by atoms with Gasteiger partial charge >= 0.3 is 12.1 Å². The van der Waals surface area contributed by atoms with Crippen LogP contribution in [0.15, 0.2) is 42.1 Å². The monoisotopic (exact) mass is 390 g/mol. The summed E-state index contributed by atoms with van der Waals surface area (Å²) in [5.41, 5.74) is 0.141. The van der Waals surface area contributed by atoms with Gasteiger partial charge in [-0.05, 0) is 25.8 Å². The summed E-state index contributed by atoms with van der Waals surface area (Å²) >= 11 is 0. The van der Waals surface area contributed by atoms with Crippen molar-refractivity contribution in [3.8, 4) is 0 Å². The van der Waals surface area contributed by atoms with E-state index in [0.717, 1.165) is 5.56 Å². The van der Waals surface area contributed by atoms with Crippen molar-refractivity contribution in [1.29, 1.82) is 0 Å². The predicted molar refractivity (Wildman–Crippen MR) is 106 cm³/mol. The first-order valence-electron chi connectivity index (χ1n) is 9.14. The lowest BCUT2D eigenvalue weighted by Crippen LogP contribution is -2.50. The van der Waals surface area contributed by atoms with Crippen molar-refractivity contribution in [1.82, 2.24) is 10.2 Å². The average molecular weight is 390 g/mol. The molecule has 1 amide bonds. The molecule has 0 aliphatic carbocycles. The van der Waals surface area contributed by atoms with Gasteiger partial charge in [-0.1, -0.05) is 37.3 Å². The second-order valence-electron chi connectivity index (χ2n) is 6.99. The van der Waals surface area contributed by atoms with E-state index in [2.05, 4.69) is 5.32 Å². The molecule has 154 valence electrons. The Morgan fingerprint density at radius 1 is 1.21 bits per heavy atom. The molecule has 1 N–H and O–H groups in total. The number of hydrogen-bond acceptors (Lipinski definition) is 6. The summed E-state index contributed by atoms with van der Waals surface area (Å²) in [6.07, 6.45) is 1.39. The van der Waals surface area contributed by atoms with Crippen molar-refractivity contribution < 1.29 is 23.9 Å². The second kappa shape index (κ2) is 10.5. The molecule has 0 aromatic heterocycles. The standard InChI is InChI=1S/C21H30N2O5/c1-7-21(3,22-20(26)28-14-16-11-9-8-10-12-16)17(13-23(4)5)18(24)15(2)19(25)27-6/h8-13,15H,7,14H2,1-6H3,(H,22,26)/b17-13+. The Bertz CT molecular complexity index is 715. The van der Waals surface area contributed by atoms with Crippen LogP contribution in [-0.2, 0) is 25.7 Å². The van der Waals surface area contributed by atoms with E-state index < -0.39 is 29.3 Å². The maximum Gasteiger partial charge on any atom is 0.408 e. The second-order valence-corrected chi connectivity index (χ2v) is 6.99. The van der Waals surface area contributed by atoms with Gasteiger partial charge in [0.25, 0.3) is 0 Å². The highest BCUT2D eigenvalue weighted by Crippen LogP contribution is 2.25. The summed E-state index contributed by atoms with van der Waals surface area (Å²) < 4.78 is 9.99. The number of carbonyl (C=O) groups excluding carboxylic acids is 3. The fourth-order valence-electron chi connectivity index (χ4n) is 2.58. The Labute approximate surface area is 166 Å². The summed E-state index contributed by atoms with van der Waals surface area (Å²) in [5.74, 6) is -2.02. The van der Waals surface area contributed by atoms with Gasteiger partial charge in [0.2, 0.25) is 0 Å². The smallest absolute Gasteiger partial charge is 0.408 e. The van der Waals surface area contributed by atoms with Crippen molar-refractivity contribution in [3.05, 3.63) is 47.7 Å². The van der Waals surface area contributed by atoms with Gasteiger partial charge in [-0.2, -0.15) is 0 Å². The van der Waals surface area contributed by atoms with Crippen LogP contribution in [0.3, 0.4) is 0 Å². The Hall–Kier alpha value is -2.83. The van der Waals surface area contributed by atoms with Crippen molar-refractivity contribution in [2.45, 2.75) is 39.3 Å². The number of benzene rings is 1. The van der Waals surface area contributed by atoms with E-state index in [1.165, 1.54) is 14.0 Å². The van der Waals surface area contributed by atoms with Crippen molar-refractivity contribution in [2.75, 3.05) is 21.2 Å². The molecule has 2 unspecified atom stereocenters. The van der Waals surface area contributed by atoms with Crippen LogP contribution < -0.4 is 5.32 Å². The van der Waals surface area contributed by atoms with E-state index in [-0.39, 0.29) is 6.61 Å². The average Bonchev–Trinajstić information content (AvgIpc) is 2.69. The summed E-state index contributed by atoms with van der Waals surface area (Å²) in [7, 11) is 4.76. The molecule has 0 heterocycles. The zero-order chi connectivity index (χ0) is 21.3. The number of carbonyl (C=O) groups is 3. The van der Waals surface area contributed by atoms with Crippen LogP contribution in [0.4, 0.5) is 4.79 Å². The molecule has 1 aromatic rings. The lowest BCUT2D eigenvalue weighted by molar-refractivity contribution is -0.147. The summed E-state index contributed by atoms with van der Waals surface area (Å²) in [6.45, 7) is 5.18. The number of nitrogens with one attached hydrogen (secondary N) is 1. The van der Waals surface area contributed by atoms with Crippen molar-refractivity contribution in [2.24, 2.45) is 5.92 Å². The number of alkyl carbamates (subject to hydrolysis) is 1. The zero-order valence-electron chi connectivity index (χ0n) is 17.4. The lowest BCUT2D eigenvalue weighted by Gasteiger charge is -2.33. The molecule has 0 saturated carbocycles. The first-order valence-corrected chi connectivity index (χ1v) is 9.14. The van der Waals surface area contributed by atoms with Crippen LogP contribution in [-0.4, -0.2) is 49.5 Å². The van der Waals surface area contributed by atoms with E-state index in [4.69, 9.17) is 9.47 Å². The number of methoxy groups -OCH3 is 1. The van der Waals surface area contributed by atoms with Gasteiger partial charge < -0.3 is 19.7 Å². The van der Waals surface area contributed by atoms with Gasteiger partial charge in [-0.3, -0.25) is 9.59 Å². The third-order valence-corrected chi connectivity index (χ3v) is 4.49. The van der Waals surface area contributed by atoms with Crippen LogP contribution in [0.1, 0.15) is 32.8 Å². The summed E-state index contributed by atoms with van der Waals surface area (Å²) in [4.78, 5) is 38.9. The van der Waals surface area contributed by atoms with E-state index in [9.17, 15) is 14.4 Å². The number of amides is 1. The number of nitrogens with zero attached hydrogens (tertiary/aromatic N) is 1. The van der Waals surface area contributed by atoms with Gasteiger partial charge in [-0.25, -0.2) is 4.79 Å². The molecule has 28 heavy (non-hydrogen) atoms. The Kier molecular flexibility index (Phi) is 8.70. The third kappa shape index (κ3) is 6.40. The van der Waals surface area contributed by atoms with Gasteiger partial charge in [-0.15, -0.1) is 0 Å². The van der Waals surface area contributed by atoms with Crippen molar-refractivity contribution >= 4 is 17.8 Å². The predicted octanol–water partition coefficient (Wildman–Crippen LogP) is 2.91. The number of Topliss-reactive ketones (excluding diaryl/α,β-unsaturated/α-hetero) is 1. The number of ketones is 1. The van der Waals surface area contributed by atoms with Gasteiger partial charge in [0.05, 0.1) is 12.6 Å². The Morgan fingerprint density at radius 3 is 2.32 bits per heavy atom. The number of ether oxygens (including phenoxy) is 2. The van der Waals surface area contributed by atoms with Crippen LogP contribution in [0.25, 0.3) is 0 Å². The fraction of sp³-hybridized carbons (Fsp3) is 0.476. The van der Waals surface area contributed by atoms with E-state index in [0.29, 0.717) is 12.0 Å².